The lowest BCUT2D eigenvalue weighted by atomic mass is 9.95. The molecule has 2 aromatic heterocycles. The van der Waals surface area contributed by atoms with Crippen molar-refractivity contribution >= 4 is 15.7 Å². The Balaban J connectivity index is 1.40. The molecule has 0 N–H and O–H groups in total. The number of hydrogen-bond donors (Lipinski definition) is 0. The van der Waals surface area contributed by atoms with Crippen LogP contribution in [0.1, 0.15) is 16.2 Å². The van der Waals surface area contributed by atoms with Gasteiger partial charge in [0.2, 0.25) is 0 Å². The maximum absolute atomic E-state index is 12.6. The standard InChI is InChI=1S/C15H18N4O5S/c1-11-5-13(17-24-11)14(20)18-8-15(9-18)10-25(21,22)12(7-23-15)6-19-4-2-3-16-19/h2-5,12H,6-10H2,1H3/t12-/m0/s1. The minimum Gasteiger partial charge on any atom is -0.369 e. The number of sulfone groups is 1. The molecular weight excluding hydrogens is 348 g/mol. The van der Waals surface area contributed by atoms with E-state index in [1.165, 1.54) is 4.90 Å². The number of aryl methyl sites for hydroxylation is 1. The summed E-state index contributed by atoms with van der Waals surface area (Å²) in [5.41, 5.74) is -0.587. The van der Waals surface area contributed by atoms with Crippen molar-refractivity contribution < 1.29 is 22.5 Å². The van der Waals surface area contributed by atoms with Crippen LogP contribution in [-0.2, 0) is 21.1 Å². The number of hydrogen-bond acceptors (Lipinski definition) is 7. The average molecular weight is 366 g/mol. The molecule has 0 aromatic carbocycles. The van der Waals surface area contributed by atoms with Crippen LogP contribution in [0.15, 0.2) is 29.0 Å². The fraction of sp³-hybridized carbons (Fsp3) is 0.533. The van der Waals surface area contributed by atoms with Crippen molar-refractivity contribution in [2.24, 2.45) is 0 Å². The molecule has 1 atom stereocenters. The van der Waals surface area contributed by atoms with Crippen molar-refractivity contribution in [1.29, 1.82) is 0 Å². The van der Waals surface area contributed by atoms with Gasteiger partial charge in [0.25, 0.3) is 5.91 Å². The zero-order valence-corrected chi connectivity index (χ0v) is 14.5. The van der Waals surface area contributed by atoms with Gasteiger partial charge in [0, 0.05) is 18.5 Å². The molecule has 4 rings (SSSR count). The fourth-order valence-corrected chi connectivity index (χ4v) is 5.18. The van der Waals surface area contributed by atoms with Crippen molar-refractivity contribution in [3.8, 4) is 0 Å². The molecule has 1 amide bonds. The van der Waals surface area contributed by atoms with Gasteiger partial charge in [0.05, 0.1) is 32.0 Å². The van der Waals surface area contributed by atoms with Gasteiger partial charge in [-0.2, -0.15) is 5.10 Å². The molecule has 0 radical (unpaired) electrons. The highest BCUT2D eigenvalue weighted by Crippen LogP contribution is 2.33. The van der Waals surface area contributed by atoms with E-state index >= 15 is 0 Å². The molecule has 9 nitrogen and oxygen atoms in total. The quantitative estimate of drug-likeness (QED) is 0.746. The molecular formula is C15H18N4O5S. The lowest BCUT2D eigenvalue weighted by Gasteiger charge is -2.51. The SMILES string of the molecule is Cc1cc(C(=O)N2CC3(C2)CS(=O)(=O)[C@@H](Cn2cccn2)CO3)no1. The summed E-state index contributed by atoms with van der Waals surface area (Å²) in [7, 11) is -3.34. The molecule has 2 aliphatic rings. The Labute approximate surface area is 144 Å². The van der Waals surface area contributed by atoms with E-state index in [0.29, 0.717) is 5.76 Å². The molecule has 0 unspecified atom stereocenters. The fourth-order valence-electron chi connectivity index (χ4n) is 3.29. The molecule has 134 valence electrons. The Morgan fingerprint density at radius 1 is 1.44 bits per heavy atom. The lowest BCUT2D eigenvalue weighted by molar-refractivity contribution is -0.121. The van der Waals surface area contributed by atoms with Crippen molar-refractivity contribution in [3.05, 3.63) is 36.0 Å². The van der Waals surface area contributed by atoms with E-state index in [2.05, 4.69) is 10.3 Å². The summed E-state index contributed by atoms with van der Waals surface area (Å²) in [4.78, 5) is 13.8. The van der Waals surface area contributed by atoms with Gasteiger partial charge < -0.3 is 14.2 Å². The van der Waals surface area contributed by atoms with E-state index in [4.69, 9.17) is 9.26 Å². The van der Waals surface area contributed by atoms with E-state index in [-0.39, 0.29) is 43.6 Å². The molecule has 10 heteroatoms. The first kappa shape index (κ1) is 16.3. The van der Waals surface area contributed by atoms with Crippen LogP contribution in [0.25, 0.3) is 0 Å². The topological polar surface area (TPSA) is 108 Å². The number of nitrogens with zero attached hydrogens (tertiary/aromatic N) is 4. The van der Waals surface area contributed by atoms with Gasteiger partial charge in [-0.25, -0.2) is 8.42 Å². The average Bonchev–Trinajstić information content (AvgIpc) is 3.17. The summed E-state index contributed by atoms with van der Waals surface area (Å²) < 4.78 is 37.6. The zero-order valence-electron chi connectivity index (χ0n) is 13.7. The van der Waals surface area contributed by atoms with Crippen LogP contribution in [0.3, 0.4) is 0 Å². The zero-order chi connectivity index (χ0) is 17.7. The molecule has 2 aromatic rings. The van der Waals surface area contributed by atoms with E-state index in [1.54, 1.807) is 36.1 Å². The predicted molar refractivity (Wildman–Crippen MR) is 85.6 cm³/mol. The Bertz CT molecular complexity index is 883. The van der Waals surface area contributed by atoms with Crippen molar-refractivity contribution in [1.82, 2.24) is 19.8 Å². The smallest absolute Gasteiger partial charge is 0.276 e. The summed E-state index contributed by atoms with van der Waals surface area (Å²) in [5.74, 6) is 0.187. The lowest BCUT2D eigenvalue weighted by Crippen LogP contribution is -2.70. The molecule has 2 fully saturated rings. The molecule has 1 spiro atoms. The van der Waals surface area contributed by atoms with Crippen molar-refractivity contribution in [3.63, 3.8) is 0 Å². The number of amides is 1. The number of carbonyl (C=O) groups is 1. The van der Waals surface area contributed by atoms with Crippen LogP contribution in [0.4, 0.5) is 0 Å². The van der Waals surface area contributed by atoms with E-state index in [1.807, 2.05) is 0 Å². The molecule has 2 saturated heterocycles. The van der Waals surface area contributed by atoms with E-state index in [9.17, 15) is 13.2 Å². The Kier molecular flexibility index (Phi) is 3.69. The van der Waals surface area contributed by atoms with Gasteiger partial charge in [-0.3, -0.25) is 9.48 Å². The van der Waals surface area contributed by atoms with Crippen LogP contribution >= 0.6 is 0 Å². The molecule has 4 heterocycles. The second-order valence-corrected chi connectivity index (χ2v) is 8.92. The van der Waals surface area contributed by atoms with Gasteiger partial charge in [-0.05, 0) is 13.0 Å². The van der Waals surface area contributed by atoms with Crippen molar-refractivity contribution in [2.75, 3.05) is 25.4 Å². The normalized spacial score (nSPS) is 24.2. The predicted octanol–water partition coefficient (Wildman–Crippen LogP) is -0.112. The molecule has 0 bridgehead atoms. The Hall–Kier alpha value is -2.20. The highest BCUT2D eigenvalue weighted by molar-refractivity contribution is 7.92. The van der Waals surface area contributed by atoms with E-state index in [0.717, 1.165) is 0 Å². The summed E-state index contributed by atoms with van der Waals surface area (Å²) in [6.07, 6.45) is 3.34. The number of likely N-dealkylation sites (tertiary alicyclic amines) is 1. The van der Waals surface area contributed by atoms with Crippen LogP contribution in [0.2, 0.25) is 0 Å². The third-order valence-corrected chi connectivity index (χ3v) is 6.82. The van der Waals surface area contributed by atoms with Gasteiger partial charge in [-0.1, -0.05) is 5.16 Å². The molecule has 25 heavy (non-hydrogen) atoms. The van der Waals surface area contributed by atoms with E-state index < -0.39 is 20.7 Å². The first-order chi connectivity index (χ1) is 11.9. The third kappa shape index (κ3) is 2.95. The monoisotopic (exact) mass is 366 g/mol. The third-order valence-electron chi connectivity index (χ3n) is 4.59. The summed E-state index contributed by atoms with van der Waals surface area (Å²) in [6.45, 7) is 2.56. The van der Waals surface area contributed by atoms with Crippen LogP contribution < -0.4 is 0 Å². The maximum Gasteiger partial charge on any atom is 0.276 e. The second-order valence-electron chi connectivity index (χ2n) is 6.64. The highest BCUT2D eigenvalue weighted by atomic mass is 32.2. The largest absolute Gasteiger partial charge is 0.369 e. The molecule has 0 saturated carbocycles. The maximum atomic E-state index is 12.6. The number of ether oxygens (including phenoxy) is 1. The van der Waals surface area contributed by atoms with Crippen molar-refractivity contribution in [2.45, 2.75) is 24.3 Å². The summed E-state index contributed by atoms with van der Waals surface area (Å²) >= 11 is 0. The number of aromatic nitrogens is 3. The number of rotatable bonds is 3. The minimum atomic E-state index is -3.34. The Morgan fingerprint density at radius 2 is 2.24 bits per heavy atom. The minimum absolute atomic E-state index is 0.0897. The van der Waals surface area contributed by atoms with Crippen LogP contribution in [0.5, 0.6) is 0 Å². The first-order valence-electron chi connectivity index (χ1n) is 7.92. The van der Waals surface area contributed by atoms with Gasteiger partial charge in [-0.15, -0.1) is 0 Å². The molecule has 2 aliphatic heterocycles. The first-order valence-corrected chi connectivity index (χ1v) is 9.64. The Morgan fingerprint density at radius 3 is 2.84 bits per heavy atom. The van der Waals surface area contributed by atoms with Crippen LogP contribution in [0, 0.1) is 6.92 Å². The van der Waals surface area contributed by atoms with Gasteiger partial charge in [0.1, 0.15) is 16.6 Å². The molecule has 0 aliphatic carbocycles. The summed E-state index contributed by atoms with van der Waals surface area (Å²) in [5, 5.41) is 7.12. The highest BCUT2D eigenvalue weighted by Gasteiger charge is 2.54. The second kappa shape index (κ2) is 5.67. The van der Waals surface area contributed by atoms with Gasteiger partial charge in [0.15, 0.2) is 15.5 Å². The summed E-state index contributed by atoms with van der Waals surface area (Å²) in [6, 6.07) is 3.31. The van der Waals surface area contributed by atoms with Crippen LogP contribution in [-0.4, -0.2) is 70.5 Å². The van der Waals surface area contributed by atoms with Gasteiger partial charge >= 0.3 is 0 Å². The number of carbonyl (C=O) groups excluding carboxylic acids is 1.